The van der Waals surface area contributed by atoms with Gasteiger partial charge >= 0.3 is 0 Å². The number of alkyl halides is 1. The van der Waals surface area contributed by atoms with E-state index in [2.05, 4.69) is 15.9 Å². The number of halogens is 3. The smallest absolute Gasteiger partial charge is 0.141 e. The van der Waals surface area contributed by atoms with Crippen LogP contribution >= 0.6 is 27.5 Å². The molecule has 0 spiro atoms. The second kappa shape index (κ2) is 5.93. The van der Waals surface area contributed by atoms with Gasteiger partial charge in [0.25, 0.3) is 0 Å². The molecule has 0 amide bonds. The quantitative estimate of drug-likeness (QED) is 0.646. The van der Waals surface area contributed by atoms with Crippen molar-refractivity contribution in [3.8, 4) is 11.5 Å². The average Bonchev–Trinajstić information content (AvgIpc) is 2.35. The SMILES string of the molecule is Cc1cc(F)cc(C)c1Oc1ccc(CCl)cc1Br. The third kappa shape index (κ3) is 3.28. The lowest BCUT2D eigenvalue weighted by Crippen LogP contribution is -1.94. The van der Waals surface area contributed by atoms with E-state index in [1.807, 2.05) is 32.0 Å². The van der Waals surface area contributed by atoms with Gasteiger partial charge in [0.15, 0.2) is 0 Å². The van der Waals surface area contributed by atoms with Gasteiger partial charge in [-0.2, -0.15) is 0 Å². The molecule has 100 valence electrons. The minimum absolute atomic E-state index is 0.251. The summed E-state index contributed by atoms with van der Waals surface area (Å²) in [4.78, 5) is 0. The van der Waals surface area contributed by atoms with Crippen molar-refractivity contribution in [1.29, 1.82) is 0 Å². The fraction of sp³-hybridized carbons (Fsp3) is 0.200. The molecule has 0 aromatic heterocycles. The Hall–Kier alpha value is -1.06. The van der Waals surface area contributed by atoms with Gasteiger partial charge in [0.1, 0.15) is 17.3 Å². The lowest BCUT2D eigenvalue weighted by molar-refractivity contribution is 0.469. The first-order valence-corrected chi connectivity index (χ1v) is 7.13. The topological polar surface area (TPSA) is 9.23 Å². The normalized spacial score (nSPS) is 10.6. The van der Waals surface area contributed by atoms with Gasteiger partial charge in [-0.1, -0.05) is 6.07 Å². The Balaban J connectivity index is 2.36. The molecule has 0 saturated heterocycles. The highest BCUT2D eigenvalue weighted by Crippen LogP contribution is 2.34. The first kappa shape index (κ1) is 14.4. The van der Waals surface area contributed by atoms with Crippen molar-refractivity contribution >= 4 is 27.5 Å². The summed E-state index contributed by atoms with van der Waals surface area (Å²) in [6.07, 6.45) is 0. The Labute approximate surface area is 125 Å². The summed E-state index contributed by atoms with van der Waals surface area (Å²) in [7, 11) is 0. The van der Waals surface area contributed by atoms with Gasteiger partial charge < -0.3 is 4.74 Å². The fourth-order valence-electron chi connectivity index (χ4n) is 1.88. The van der Waals surface area contributed by atoms with E-state index in [1.54, 1.807) is 0 Å². The number of aryl methyl sites for hydroxylation is 2. The maximum absolute atomic E-state index is 13.2. The number of benzene rings is 2. The Morgan fingerprint density at radius 1 is 1.16 bits per heavy atom. The zero-order valence-electron chi connectivity index (χ0n) is 10.6. The van der Waals surface area contributed by atoms with E-state index in [9.17, 15) is 4.39 Å². The molecule has 0 aliphatic heterocycles. The molecule has 2 aromatic carbocycles. The molecule has 0 N–H and O–H groups in total. The van der Waals surface area contributed by atoms with Crippen LogP contribution in [0.15, 0.2) is 34.8 Å². The second-order valence-electron chi connectivity index (χ2n) is 4.37. The molecule has 0 saturated carbocycles. The van der Waals surface area contributed by atoms with E-state index >= 15 is 0 Å². The van der Waals surface area contributed by atoms with Crippen molar-refractivity contribution in [2.45, 2.75) is 19.7 Å². The molecule has 0 heterocycles. The molecule has 0 fully saturated rings. The Morgan fingerprint density at radius 2 is 1.79 bits per heavy atom. The molecule has 0 aliphatic carbocycles. The number of ether oxygens (including phenoxy) is 1. The van der Waals surface area contributed by atoms with Crippen LogP contribution in [-0.4, -0.2) is 0 Å². The van der Waals surface area contributed by atoms with Crippen LogP contribution in [0.4, 0.5) is 4.39 Å². The predicted octanol–water partition coefficient (Wildman–Crippen LogP) is 5.74. The van der Waals surface area contributed by atoms with Crippen LogP contribution in [0.1, 0.15) is 16.7 Å². The van der Waals surface area contributed by atoms with Crippen molar-refractivity contribution in [2.24, 2.45) is 0 Å². The lowest BCUT2D eigenvalue weighted by Gasteiger charge is -2.13. The first-order chi connectivity index (χ1) is 9.01. The number of hydrogen-bond acceptors (Lipinski definition) is 1. The van der Waals surface area contributed by atoms with Gasteiger partial charge in [-0.05, 0) is 70.7 Å². The summed E-state index contributed by atoms with van der Waals surface area (Å²) in [5, 5.41) is 0. The molecule has 19 heavy (non-hydrogen) atoms. The van der Waals surface area contributed by atoms with Crippen molar-refractivity contribution in [3.63, 3.8) is 0 Å². The molecule has 0 radical (unpaired) electrons. The van der Waals surface area contributed by atoms with Crippen LogP contribution in [0.3, 0.4) is 0 Å². The molecule has 0 bridgehead atoms. The molecule has 0 unspecified atom stereocenters. The van der Waals surface area contributed by atoms with Gasteiger partial charge in [0.2, 0.25) is 0 Å². The maximum Gasteiger partial charge on any atom is 0.141 e. The van der Waals surface area contributed by atoms with Gasteiger partial charge in [-0.15, -0.1) is 11.6 Å². The van der Waals surface area contributed by atoms with E-state index in [4.69, 9.17) is 16.3 Å². The van der Waals surface area contributed by atoms with Crippen LogP contribution < -0.4 is 4.74 Å². The van der Waals surface area contributed by atoms with E-state index in [1.165, 1.54) is 12.1 Å². The predicted molar refractivity (Wildman–Crippen MR) is 79.6 cm³/mol. The van der Waals surface area contributed by atoms with Crippen molar-refractivity contribution < 1.29 is 9.13 Å². The zero-order chi connectivity index (χ0) is 14.0. The van der Waals surface area contributed by atoms with E-state index in [0.29, 0.717) is 17.4 Å². The summed E-state index contributed by atoms with van der Waals surface area (Å²) in [5.41, 5.74) is 2.55. The molecule has 1 nitrogen and oxygen atoms in total. The van der Waals surface area contributed by atoms with Crippen LogP contribution in [-0.2, 0) is 5.88 Å². The Bertz CT molecular complexity index is 590. The highest BCUT2D eigenvalue weighted by atomic mass is 79.9. The first-order valence-electron chi connectivity index (χ1n) is 5.80. The third-order valence-corrected chi connectivity index (χ3v) is 3.72. The summed E-state index contributed by atoms with van der Waals surface area (Å²) >= 11 is 9.23. The second-order valence-corrected chi connectivity index (χ2v) is 5.49. The summed E-state index contributed by atoms with van der Waals surface area (Å²) in [6, 6.07) is 8.59. The van der Waals surface area contributed by atoms with Gasteiger partial charge in [0, 0.05) is 5.88 Å². The van der Waals surface area contributed by atoms with Crippen LogP contribution in [0.2, 0.25) is 0 Å². The maximum atomic E-state index is 13.2. The zero-order valence-corrected chi connectivity index (χ0v) is 13.0. The standard InChI is InChI=1S/C15H13BrClFO/c1-9-5-12(18)6-10(2)15(9)19-14-4-3-11(8-17)7-13(14)16/h3-7H,8H2,1-2H3. The van der Waals surface area contributed by atoms with Gasteiger partial charge in [-0.3, -0.25) is 0 Å². The molecule has 4 heteroatoms. The molecular weight excluding hydrogens is 331 g/mol. The van der Waals surface area contributed by atoms with Crippen molar-refractivity contribution in [3.05, 3.63) is 57.3 Å². The minimum Gasteiger partial charge on any atom is -0.456 e. The highest BCUT2D eigenvalue weighted by molar-refractivity contribution is 9.10. The summed E-state index contributed by atoms with van der Waals surface area (Å²) in [6.45, 7) is 3.65. The number of rotatable bonds is 3. The monoisotopic (exact) mass is 342 g/mol. The molecule has 0 atom stereocenters. The molecular formula is C15H13BrClFO. The van der Waals surface area contributed by atoms with Crippen molar-refractivity contribution in [2.75, 3.05) is 0 Å². The lowest BCUT2D eigenvalue weighted by atomic mass is 10.1. The molecule has 0 aliphatic rings. The van der Waals surface area contributed by atoms with Crippen LogP contribution in [0.5, 0.6) is 11.5 Å². The summed E-state index contributed by atoms with van der Waals surface area (Å²) < 4.78 is 19.9. The highest BCUT2D eigenvalue weighted by Gasteiger charge is 2.10. The summed E-state index contributed by atoms with van der Waals surface area (Å²) in [5.74, 6) is 1.57. The van der Waals surface area contributed by atoms with E-state index in [0.717, 1.165) is 21.2 Å². The number of hydrogen-bond donors (Lipinski definition) is 0. The van der Waals surface area contributed by atoms with E-state index < -0.39 is 0 Å². The Morgan fingerprint density at radius 3 is 2.32 bits per heavy atom. The van der Waals surface area contributed by atoms with Crippen molar-refractivity contribution in [1.82, 2.24) is 0 Å². The largest absolute Gasteiger partial charge is 0.456 e. The minimum atomic E-state index is -0.251. The Kier molecular flexibility index (Phi) is 4.48. The fourth-order valence-corrected chi connectivity index (χ4v) is 2.55. The third-order valence-electron chi connectivity index (χ3n) is 2.79. The van der Waals surface area contributed by atoms with Gasteiger partial charge in [-0.25, -0.2) is 4.39 Å². The average molecular weight is 344 g/mol. The van der Waals surface area contributed by atoms with E-state index in [-0.39, 0.29) is 5.82 Å². The molecule has 2 aromatic rings. The molecule has 2 rings (SSSR count). The van der Waals surface area contributed by atoms with Crippen LogP contribution in [0, 0.1) is 19.7 Å². The van der Waals surface area contributed by atoms with Gasteiger partial charge in [0.05, 0.1) is 4.47 Å². The van der Waals surface area contributed by atoms with Crippen LogP contribution in [0.25, 0.3) is 0 Å².